The third kappa shape index (κ3) is 4.57. The van der Waals surface area contributed by atoms with Crippen LogP contribution in [0.25, 0.3) is 53.6 Å². The lowest BCUT2D eigenvalue weighted by atomic mass is 9.52. The van der Waals surface area contributed by atoms with E-state index < -0.39 is 10.8 Å². The summed E-state index contributed by atoms with van der Waals surface area (Å²) in [6.07, 6.45) is 0. The van der Waals surface area contributed by atoms with Crippen LogP contribution in [0.4, 0.5) is 17.1 Å². The Labute approximate surface area is 376 Å². The normalized spacial score (nSPS) is 14.2. The van der Waals surface area contributed by atoms with E-state index in [2.05, 4.69) is 241 Å². The van der Waals surface area contributed by atoms with Crippen molar-refractivity contribution in [3.8, 4) is 33.4 Å². The van der Waals surface area contributed by atoms with Crippen molar-refractivity contribution >= 4 is 48.6 Å². The molecule has 11 aromatic rings. The van der Waals surface area contributed by atoms with E-state index >= 15 is 0 Å². The van der Waals surface area contributed by atoms with Gasteiger partial charge in [0.25, 0.3) is 0 Å². The largest absolute Gasteiger partial charge is 0.310 e. The van der Waals surface area contributed by atoms with Crippen molar-refractivity contribution in [3.05, 3.63) is 281 Å². The predicted octanol–water partition coefficient (Wildman–Crippen LogP) is 16.2. The van der Waals surface area contributed by atoms with Crippen LogP contribution in [-0.2, 0) is 10.8 Å². The molecule has 1 aromatic heterocycles. The molecular formula is C62H39NS. The van der Waals surface area contributed by atoms with Crippen molar-refractivity contribution in [3.63, 3.8) is 0 Å². The van der Waals surface area contributed by atoms with Crippen LogP contribution in [0, 0.1) is 0 Å². The smallest absolute Gasteiger partial charge is 0.0720 e. The molecule has 0 saturated heterocycles. The average Bonchev–Trinajstić information content (AvgIpc) is 4.00. The second-order valence-corrected chi connectivity index (χ2v) is 18.5. The van der Waals surface area contributed by atoms with Crippen LogP contribution in [0.5, 0.6) is 0 Å². The SMILES string of the molecule is c1ccc(-c2cccc(N(c3ccc4c(c3)C3(c5ccccc5-c5ccccc53)c3ccccc3C43c4ccccc4-c4ccccc43)c3cccc4sc5ccccc5c34)c2)cc1. The standard InChI is InChI=1S/C62H39NS/c1-2-18-40(19-3-1)41-20-16-21-42(38-41)63(57-33-17-35-59-60(57)48-26-8-15-34-58(48)64-59)43-36-37-55-56(39-43)62(51-29-11-6-24-46(51)47-25-7-12-30-52(47)62)54-32-14-13-31-53(54)61(55)49-27-9-4-22-44(49)45-23-5-10-28-50(45)61/h1-39H. The van der Waals surface area contributed by atoms with Gasteiger partial charge >= 0.3 is 0 Å². The molecule has 1 heterocycles. The molecule has 0 saturated carbocycles. The van der Waals surface area contributed by atoms with E-state index in [0.29, 0.717) is 0 Å². The minimum absolute atomic E-state index is 0.545. The van der Waals surface area contributed by atoms with Crippen molar-refractivity contribution in [1.82, 2.24) is 0 Å². The topological polar surface area (TPSA) is 3.24 Å². The number of hydrogen-bond donors (Lipinski definition) is 0. The summed E-state index contributed by atoms with van der Waals surface area (Å²) in [6, 6.07) is 89.2. The number of anilines is 3. The lowest BCUT2D eigenvalue weighted by Crippen LogP contribution is -2.43. The van der Waals surface area contributed by atoms with E-state index in [1.165, 1.54) is 104 Å². The minimum atomic E-state index is -0.592. The quantitative estimate of drug-likeness (QED) is 0.171. The zero-order chi connectivity index (χ0) is 42.0. The van der Waals surface area contributed by atoms with E-state index in [0.717, 1.165) is 11.4 Å². The fraction of sp³-hybridized carbons (Fsp3) is 0.0323. The maximum absolute atomic E-state index is 2.58. The Balaban J connectivity index is 1.14. The van der Waals surface area contributed by atoms with Gasteiger partial charge in [-0.15, -0.1) is 11.3 Å². The molecule has 0 fully saturated rings. The van der Waals surface area contributed by atoms with Gasteiger partial charge in [-0.2, -0.15) is 0 Å². The number of fused-ring (bicyclic) bond motifs is 19. The van der Waals surface area contributed by atoms with E-state index in [1.54, 1.807) is 0 Å². The maximum atomic E-state index is 2.58. The van der Waals surface area contributed by atoms with Crippen LogP contribution in [0.2, 0.25) is 0 Å². The van der Waals surface area contributed by atoms with Crippen molar-refractivity contribution in [2.24, 2.45) is 0 Å². The van der Waals surface area contributed by atoms with Gasteiger partial charge in [-0.25, -0.2) is 0 Å². The molecule has 0 aliphatic heterocycles. The number of hydrogen-bond acceptors (Lipinski definition) is 2. The summed E-state index contributed by atoms with van der Waals surface area (Å²) >= 11 is 1.87. The van der Waals surface area contributed by atoms with Crippen LogP contribution >= 0.6 is 11.3 Å². The van der Waals surface area contributed by atoms with E-state index in [-0.39, 0.29) is 0 Å². The summed E-state index contributed by atoms with van der Waals surface area (Å²) in [7, 11) is 0. The van der Waals surface area contributed by atoms with Gasteiger partial charge in [0, 0.05) is 31.5 Å². The Kier molecular flexibility index (Phi) is 7.47. The fourth-order valence-corrected chi connectivity index (χ4v) is 13.3. The molecule has 0 radical (unpaired) electrons. The van der Waals surface area contributed by atoms with Crippen LogP contribution in [0.3, 0.4) is 0 Å². The second-order valence-electron chi connectivity index (χ2n) is 17.5. The Bertz CT molecular complexity index is 3610. The first kappa shape index (κ1) is 35.8. The molecule has 0 atom stereocenters. The van der Waals surface area contributed by atoms with Crippen molar-refractivity contribution in [1.29, 1.82) is 0 Å². The number of thiophene rings is 1. The van der Waals surface area contributed by atoms with E-state index in [1.807, 2.05) is 11.3 Å². The van der Waals surface area contributed by atoms with Crippen molar-refractivity contribution < 1.29 is 0 Å². The second kappa shape index (κ2) is 13.4. The maximum Gasteiger partial charge on any atom is 0.0720 e. The molecule has 298 valence electrons. The summed E-state index contributed by atoms with van der Waals surface area (Å²) in [6.45, 7) is 0. The molecule has 3 aliphatic carbocycles. The number of benzene rings is 10. The lowest BCUT2D eigenvalue weighted by molar-refractivity contribution is 0.633. The molecule has 2 heteroatoms. The van der Waals surface area contributed by atoms with Crippen LogP contribution in [0.15, 0.2) is 237 Å². The first-order chi connectivity index (χ1) is 31.8. The van der Waals surface area contributed by atoms with E-state index in [9.17, 15) is 0 Å². The molecule has 64 heavy (non-hydrogen) atoms. The van der Waals surface area contributed by atoms with E-state index in [4.69, 9.17) is 0 Å². The highest BCUT2D eigenvalue weighted by atomic mass is 32.1. The highest BCUT2D eigenvalue weighted by Crippen LogP contribution is 2.68. The van der Waals surface area contributed by atoms with Gasteiger partial charge in [-0.1, -0.05) is 194 Å². The van der Waals surface area contributed by atoms with Crippen LogP contribution in [-0.4, -0.2) is 0 Å². The molecule has 2 spiro atoms. The Hall–Kier alpha value is -7.78. The first-order valence-electron chi connectivity index (χ1n) is 22.3. The molecule has 0 bridgehead atoms. The van der Waals surface area contributed by atoms with Crippen molar-refractivity contribution in [2.75, 3.05) is 4.90 Å². The van der Waals surface area contributed by atoms with Crippen LogP contribution < -0.4 is 4.90 Å². The Morgan fingerprint density at radius 2 is 0.750 bits per heavy atom. The first-order valence-corrected chi connectivity index (χ1v) is 23.1. The molecule has 3 aliphatic rings. The zero-order valence-electron chi connectivity index (χ0n) is 34.9. The van der Waals surface area contributed by atoms with Gasteiger partial charge < -0.3 is 4.90 Å². The lowest BCUT2D eigenvalue weighted by Gasteiger charge is -2.49. The monoisotopic (exact) mass is 829 g/mol. The molecule has 1 nitrogen and oxygen atoms in total. The third-order valence-corrected chi connectivity index (χ3v) is 15.7. The summed E-state index contributed by atoms with van der Waals surface area (Å²) < 4.78 is 2.58. The Morgan fingerprint density at radius 1 is 0.297 bits per heavy atom. The van der Waals surface area contributed by atoms with Gasteiger partial charge in [-0.3, -0.25) is 0 Å². The number of nitrogens with zero attached hydrogens (tertiary/aromatic N) is 1. The summed E-state index contributed by atoms with van der Waals surface area (Å²) in [4.78, 5) is 2.54. The van der Waals surface area contributed by atoms with Gasteiger partial charge in [0.2, 0.25) is 0 Å². The number of rotatable bonds is 4. The highest BCUT2D eigenvalue weighted by Gasteiger charge is 2.59. The third-order valence-electron chi connectivity index (χ3n) is 14.5. The Morgan fingerprint density at radius 3 is 1.38 bits per heavy atom. The molecule has 0 N–H and O–H groups in total. The van der Waals surface area contributed by atoms with Gasteiger partial charge in [0.15, 0.2) is 0 Å². The summed E-state index contributed by atoms with van der Waals surface area (Å²) in [5.74, 6) is 0. The summed E-state index contributed by atoms with van der Waals surface area (Å²) in [5.41, 5.74) is 20.6. The average molecular weight is 830 g/mol. The minimum Gasteiger partial charge on any atom is -0.310 e. The molecule has 10 aromatic carbocycles. The van der Waals surface area contributed by atoms with Crippen molar-refractivity contribution in [2.45, 2.75) is 10.8 Å². The predicted molar refractivity (Wildman–Crippen MR) is 268 cm³/mol. The fourth-order valence-electron chi connectivity index (χ4n) is 12.2. The van der Waals surface area contributed by atoms with Crippen LogP contribution in [0.1, 0.15) is 44.5 Å². The molecule has 0 unspecified atom stereocenters. The molecular weight excluding hydrogens is 791 g/mol. The zero-order valence-corrected chi connectivity index (χ0v) is 35.7. The summed E-state index contributed by atoms with van der Waals surface area (Å²) in [5, 5.41) is 2.56. The van der Waals surface area contributed by atoms with Gasteiger partial charge in [0.1, 0.15) is 0 Å². The highest BCUT2D eigenvalue weighted by molar-refractivity contribution is 7.26. The van der Waals surface area contributed by atoms with Gasteiger partial charge in [0.05, 0.1) is 16.5 Å². The molecule has 0 amide bonds. The van der Waals surface area contributed by atoms with Gasteiger partial charge in [-0.05, 0) is 120 Å². The molecule has 14 rings (SSSR count).